The number of rotatable bonds is 3. The van der Waals surface area contributed by atoms with Crippen molar-refractivity contribution in [3.63, 3.8) is 0 Å². The zero-order valence-electron chi connectivity index (χ0n) is 11.3. The van der Waals surface area contributed by atoms with Crippen molar-refractivity contribution < 1.29 is 9.21 Å². The van der Waals surface area contributed by atoms with E-state index in [0.717, 1.165) is 16.6 Å². The predicted molar refractivity (Wildman–Crippen MR) is 83.0 cm³/mol. The van der Waals surface area contributed by atoms with Crippen LogP contribution in [0.2, 0.25) is 0 Å². The molecule has 6 nitrogen and oxygen atoms in total. The lowest BCUT2D eigenvalue weighted by molar-refractivity contribution is 0.216. The third-order valence-electron chi connectivity index (χ3n) is 3.06. The fourth-order valence-corrected chi connectivity index (χ4v) is 2.32. The maximum absolute atomic E-state index is 12.1. The first-order chi connectivity index (χ1) is 10.1. The first-order valence-electron chi connectivity index (χ1n) is 6.31. The normalized spacial score (nSPS) is 10.8. The monoisotopic (exact) mass is 348 g/mol. The number of furan rings is 1. The zero-order valence-corrected chi connectivity index (χ0v) is 12.8. The van der Waals surface area contributed by atoms with Gasteiger partial charge in [0.25, 0.3) is 0 Å². The summed E-state index contributed by atoms with van der Waals surface area (Å²) < 4.78 is 6.03. The van der Waals surface area contributed by atoms with Crippen LogP contribution < -0.4 is 5.32 Å². The predicted octanol–water partition coefficient (Wildman–Crippen LogP) is 3.58. The molecule has 0 unspecified atom stereocenters. The smallest absolute Gasteiger partial charge is 0.321 e. The van der Waals surface area contributed by atoms with E-state index in [-0.39, 0.29) is 6.03 Å². The molecule has 21 heavy (non-hydrogen) atoms. The first-order valence-corrected chi connectivity index (χ1v) is 7.10. The molecule has 0 bridgehead atoms. The lowest BCUT2D eigenvalue weighted by atomic mass is 10.2. The Labute approximate surface area is 129 Å². The van der Waals surface area contributed by atoms with E-state index in [4.69, 9.17) is 4.42 Å². The number of hydrogen-bond acceptors (Lipinski definition) is 3. The average molecular weight is 349 g/mol. The van der Waals surface area contributed by atoms with Gasteiger partial charge in [-0.05, 0) is 46.3 Å². The molecule has 0 fully saturated rings. The Morgan fingerprint density at radius 3 is 3.05 bits per heavy atom. The molecule has 0 atom stereocenters. The molecule has 2 N–H and O–H groups in total. The Balaban J connectivity index is 1.67. The van der Waals surface area contributed by atoms with E-state index in [1.54, 1.807) is 24.2 Å². The van der Waals surface area contributed by atoms with Gasteiger partial charge in [-0.3, -0.25) is 5.10 Å². The highest BCUT2D eigenvalue weighted by atomic mass is 79.9. The van der Waals surface area contributed by atoms with Crippen molar-refractivity contribution in [2.45, 2.75) is 6.54 Å². The van der Waals surface area contributed by atoms with E-state index in [9.17, 15) is 4.79 Å². The highest BCUT2D eigenvalue weighted by Crippen LogP contribution is 2.18. The lowest BCUT2D eigenvalue weighted by Crippen LogP contribution is -2.30. The molecule has 0 aliphatic carbocycles. The molecule has 2 amide bonds. The summed E-state index contributed by atoms with van der Waals surface area (Å²) in [6.45, 7) is 0.394. The van der Waals surface area contributed by atoms with Gasteiger partial charge in [0.2, 0.25) is 0 Å². The quantitative estimate of drug-likeness (QED) is 0.759. The maximum Gasteiger partial charge on any atom is 0.321 e. The number of halogens is 1. The fraction of sp³-hybridized carbons (Fsp3) is 0.143. The van der Waals surface area contributed by atoms with Crippen LogP contribution >= 0.6 is 15.9 Å². The molecule has 3 rings (SSSR count). The van der Waals surface area contributed by atoms with Crippen LogP contribution in [0.4, 0.5) is 10.5 Å². The Morgan fingerprint density at radius 2 is 2.29 bits per heavy atom. The van der Waals surface area contributed by atoms with Gasteiger partial charge in [0.05, 0.1) is 18.3 Å². The topological polar surface area (TPSA) is 74.2 Å². The Kier molecular flexibility index (Phi) is 3.66. The molecule has 7 heteroatoms. The number of fused-ring (bicyclic) bond motifs is 1. The van der Waals surface area contributed by atoms with Gasteiger partial charge >= 0.3 is 6.03 Å². The minimum Gasteiger partial charge on any atom is -0.452 e. The summed E-state index contributed by atoms with van der Waals surface area (Å²) in [7, 11) is 1.71. The second-order valence-electron chi connectivity index (χ2n) is 4.66. The summed E-state index contributed by atoms with van der Waals surface area (Å²) in [6, 6.07) is 9.00. The van der Waals surface area contributed by atoms with E-state index < -0.39 is 0 Å². The van der Waals surface area contributed by atoms with E-state index in [1.165, 1.54) is 0 Å². The van der Waals surface area contributed by atoms with Crippen LogP contribution in [0, 0.1) is 0 Å². The number of nitrogens with one attached hydrogen (secondary N) is 2. The lowest BCUT2D eigenvalue weighted by Gasteiger charge is -2.16. The van der Waals surface area contributed by atoms with Crippen LogP contribution in [0.1, 0.15) is 5.76 Å². The third kappa shape index (κ3) is 3.08. The first kappa shape index (κ1) is 13.7. The van der Waals surface area contributed by atoms with Gasteiger partial charge in [-0.15, -0.1) is 0 Å². The molecular formula is C14H13BrN4O2. The molecule has 0 saturated heterocycles. The SMILES string of the molecule is CN(Cc1ccc(Br)o1)C(=O)Nc1ccc2[nH]ncc2c1. The second kappa shape index (κ2) is 5.61. The number of urea groups is 1. The van der Waals surface area contributed by atoms with Crippen LogP contribution in [0.5, 0.6) is 0 Å². The minimum atomic E-state index is -0.203. The molecule has 0 aliphatic heterocycles. The van der Waals surface area contributed by atoms with Crippen LogP contribution in [-0.2, 0) is 6.54 Å². The largest absolute Gasteiger partial charge is 0.452 e. The number of hydrogen-bond donors (Lipinski definition) is 2. The van der Waals surface area contributed by atoms with Gasteiger partial charge < -0.3 is 14.6 Å². The number of aromatic amines is 1. The summed E-state index contributed by atoms with van der Waals surface area (Å²) in [4.78, 5) is 13.7. The second-order valence-corrected chi connectivity index (χ2v) is 5.45. The highest BCUT2D eigenvalue weighted by Gasteiger charge is 2.12. The number of H-pyrrole nitrogens is 1. The number of amides is 2. The van der Waals surface area contributed by atoms with Crippen molar-refractivity contribution in [2.24, 2.45) is 0 Å². The molecule has 2 aromatic heterocycles. The van der Waals surface area contributed by atoms with Crippen LogP contribution in [0.15, 0.2) is 45.6 Å². The Morgan fingerprint density at radius 1 is 1.43 bits per heavy atom. The van der Waals surface area contributed by atoms with Crippen LogP contribution in [0.3, 0.4) is 0 Å². The maximum atomic E-state index is 12.1. The number of anilines is 1. The fourth-order valence-electron chi connectivity index (χ4n) is 1.98. The van der Waals surface area contributed by atoms with Crippen LogP contribution in [0.25, 0.3) is 10.9 Å². The van der Waals surface area contributed by atoms with Crippen molar-refractivity contribution >= 4 is 38.6 Å². The molecule has 2 heterocycles. The van der Waals surface area contributed by atoms with Crippen molar-refractivity contribution in [2.75, 3.05) is 12.4 Å². The number of carbonyl (C=O) groups excluding carboxylic acids is 1. The van der Waals surface area contributed by atoms with Gasteiger partial charge in [0.15, 0.2) is 4.67 Å². The van der Waals surface area contributed by atoms with Gasteiger partial charge in [0, 0.05) is 18.1 Å². The van der Waals surface area contributed by atoms with E-state index in [1.807, 2.05) is 24.3 Å². The Hall–Kier alpha value is -2.28. The van der Waals surface area contributed by atoms with E-state index in [0.29, 0.717) is 17.0 Å². The summed E-state index contributed by atoms with van der Waals surface area (Å²) in [5.74, 6) is 0.713. The van der Waals surface area contributed by atoms with Crippen molar-refractivity contribution in [3.8, 4) is 0 Å². The van der Waals surface area contributed by atoms with E-state index >= 15 is 0 Å². The van der Waals surface area contributed by atoms with Crippen molar-refractivity contribution in [1.82, 2.24) is 15.1 Å². The molecule has 0 radical (unpaired) electrons. The van der Waals surface area contributed by atoms with Crippen molar-refractivity contribution in [1.29, 1.82) is 0 Å². The molecule has 108 valence electrons. The highest BCUT2D eigenvalue weighted by molar-refractivity contribution is 9.10. The number of carbonyl (C=O) groups is 1. The Bertz CT molecular complexity index is 780. The molecular weight excluding hydrogens is 336 g/mol. The molecule has 3 aromatic rings. The van der Waals surface area contributed by atoms with Crippen LogP contribution in [-0.4, -0.2) is 28.2 Å². The van der Waals surface area contributed by atoms with Gasteiger partial charge in [-0.1, -0.05) is 0 Å². The van der Waals surface area contributed by atoms with Gasteiger partial charge in [-0.2, -0.15) is 5.10 Å². The summed E-state index contributed by atoms with van der Waals surface area (Å²) in [6.07, 6.45) is 1.72. The standard InChI is InChI=1S/C14H13BrN4O2/c1-19(8-11-3-5-13(15)21-11)14(20)17-10-2-4-12-9(6-10)7-16-18-12/h2-7H,8H2,1H3,(H,16,18)(H,17,20). The molecule has 0 aliphatic rings. The molecule has 0 saturated carbocycles. The van der Waals surface area contributed by atoms with E-state index in [2.05, 4.69) is 31.4 Å². The van der Waals surface area contributed by atoms with Crippen molar-refractivity contribution in [3.05, 3.63) is 47.0 Å². The van der Waals surface area contributed by atoms with Gasteiger partial charge in [0.1, 0.15) is 5.76 Å². The summed E-state index contributed by atoms with van der Waals surface area (Å²) in [5.41, 5.74) is 1.66. The molecule has 0 spiro atoms. The zero-order chi connectivity index (χ0) is 14.8. The van der Waals surface area contributed by atoms with Gasteiger partial charge in [-0.25, -0.2) is 4.79 Å². The minimum absolute atomic E-state index is 0.203. The number of aromatic nitrogens is 2. The summed E-state index contributed by atoms with van der Waals surface area (Å²) >= 11 is 3.24. The third-order valence-corrected chi connectivity index (χ3v) is 3.49. The average Bonchev–Trinajstić information content (AvgIpc) is 3.07. The molecule has 1 aromatic carbocycles. The number of benzene rings is 1. The number of nitrogens with zero attached hydrogens (tertiary/aromatic N) is 2. The summed E-state index contributed by atoms with van der Waals surface area (Å²) in [5, 5.41) is 10.6.